The van der Waals surface area contributed by atoms with Crippen LogP contribution in [0.4, 0.5) is 0 Å². The van der Waals surface area contributed by atoms with E-state index in [0.717, 1.165) is 6.42 Å². The van der Waals surface area contributed by atoms with Crippen molar-refractivity contribution in [3.8, 4) is 0 Å². The Morgan fingerprint density at radius 2 is 1.62 bits per heavy atom. The molecule has 0 heterocycles. The minimum Gasteiger partial charge on any atom is -0.0999 e. The second kappa shape index (κ2) is 7.27. The standard InChI is InChI=1S/C16H24/c1-4-7-14(3)8-6-9-16-12-10-15(5-2)11-13-16/h10-13H,3-9H2,1-2H3. The molecule has 1 aromatic carbocycles. The molecule has 0 unspecified atom stereocenters. The fraction of sp³-hybridized carbons (Fsp3) is 0.500. The third-order valence-corrected chi connectivity index (χ3v) is 3.03. The summed E-state index contributed by atoms with van der Waals surface area (Å²) in [4.78, 5) is 0. The summed E-state index contributed by atoms with van der Waals surface area (Å²) in [7, 11) is 0. The van der Waals surface area contributed by atoms with E-state index in [-0.39, 0.29) is 0 Å². The first-order valence-electron chi connectivity index (χ1n) is 6.50. The van der Waals surface area contributed by atoms with Crippen LogP contribution in [0.2, 0.25) is 0 Å². The molecule has 0 aliphatic heterocycles. The van der Waals surface area contributed by atoms with Crippen molar-refractivity contribution in [1.29, 1.82) is 0 Å². The molecule has 0 radical (unpaired) electrons. The van der Waals surface area contributed by atoms with Gasteiger partial charge in [-0.2, -0.15) is 0 Å². The molecule has 1 rings (SSSR count). The Labute approximate surface area is 100 Å². The molecule has 16 heavy (non-hydrogen) atoms. The third kappa shape index (κ3) is 4.65. The number of hydrogen-bond donors (Lipinski definition) is 0. The number of hydrogen-bond acceptors (Lipinski definition) is 0. The number of allylic oxidation sites excluding steroid dienone is 1. The van der Waals surface area contributed by atoms with Crippen LogP contribution in [0.3, 0.4) is 0 Å². The second-order valence-electron chi connectivity index (χ2n) is 4.52. The number of aryl methyl sites for hydroxylation is 2. The maximum Gasteiger partial charge on any atom is -0.0276 e. The van der Waals surface area contributed by atoms with Crippen molar-refractivity contribution in [3.63, 3.8) is 0 Å². The van der Waals surface area contributed by atoms with Gasteiger partial charge in [0.25, 0.3) is 0 Å². The summed E-state index contributed by atoms with van der Waals surface area (Å²) in [6, 6.07) is 9.02. The first-order valence-corrected chi connectivity index (χ1v) is 6.50. The Kier molecular flexibility index (Phi) is 5.92. The van der Waals surface area contributed by atoms with Crippen molar-refractivity contribution in [1.82, 2.24) is 0 Å². The highest BCUT2D eigenvalue weighted by atomic mass is 14.0. The van der Waals surface area contributed by atoms with E-state index in [0.29, 0.717) is 0 Å². The minimum absolute atomic E-state index is 1.13. The van der Waals surface area contributed by atoms with Gasteiger partial charge in [-0.15, -0.1) is 0 Å². The van der Waals surface area contributed by atoms with Gasteiger partial charge in [-0.3, -0.25) is 0 Å². The lowest BCUT2D eigenvalue weighted by Gasteiger charge is -2.05. The number of benzene rings is 1. The molecule has 0 saturated heterocycles. The molecule has 88 valence electrons. The van der Waals surface area contributed by atoms with E-state index >= 15 is 0 Å². The summed E-state index contributed by atoms with van der Waals surface area (Å²) in [6.45, 7) is 8.52. The fourth-order valence-electron chi connectivity index (χ4n) is 1.96. The highest BCUT2D eigenvalue weighted by molar-refractivity contribution is 5.22. The average Bonchev–Trinajstić information content (AvgIpc) is 2.30. The Hall–Kier alpha value is -1.04. The zero-order chi connectivity index (χ0) is 11.8. The van der Waals surface area contributed by atoms with Crippen LogP contribution in [-0.2, 0) is 12.8 Å². The first-order chi connectivity index (χ1) is 7.76. The molecule has 0 amide bonds. The Bertz CT molecular complexity index is 305. The van der Waals surface area contributed by atoms with Gasteiger partial charge in [-0.1, -0.05) is 56.7 Å². The van der Waals surface area contributed by atoms with Crippen molar-refractivity contribution < 1.29 is 0 Å². The maximum absolute atomic E-state index is 4.10. The van der Waals surface area contributed by atoms with Crippen molar-refractivity contribution in [3.05, 3.63) is 47.5 Å². The van der Waals surface area contributed by atoms with Gasteiger partial charge in [0, 0.05) is 0 Å². The molecule has 0 aliphatic rings. The lowest BCUT2D eigenvalue weighted by Crippen LogP contribution is -1.89. The molecule has 0 nitrogen and oxygen atoms in total. The fourth-order valence-corrected chi connectivity index (χ4v) is 1.96. The van der Waals surface area contributed by atoms with E-state index < -0.39 is 0 Å². The van der Waals surface area contributed by atoms with Crippen molar-refractivity contribution >= 4 is 0 Å². The van der Waals surface area contributed by atoms with Gasteiger partial charge >= 0.3 is 0 Å². The SMILES string of the molecule is C=C(CCC)CCCc1ccc(CC)cc1. The van der Waals surface area contributed by atoms with Gasteiger partial charge in [0.05, 0.1) is 0 Å². The third-order valence-electron chi connectivity index (χ3n) is 3.03. The Balaban J connectivity index is 2.29. The van der Waals surface area contributed by atoms with Gasteiger partial charge in [-0.05, 0) is 43.2 Å². The molecule has 0 aliphatic carbocycles. The van der Waals surface area contributed by atoms with Gasteiger partial charge in [0.15, 0.2) is 0 Å². The second-order valence-corrected chi connectivity index (χ2v) is 4.52. The molecule has 0 aromatic heterocycles. The van der Waals surface area contributed by atoms with Crippen LogP contribution >= 0.6 is 0 Å². The van der Waals surface area contributed by atoms with E-state index in [9.17, 15) is 0 Å². The van der Waals surface area contributed by atoms with Crippen molar-refractivity contribution in [2.24, 2.45) is 0 Å². The number of rotatable bonds is 7. The van der Waals surface area contributed by atoms with Gasteiger partial charge in [0.1, 0.15) is 0 Å². The lowest BCUT2D eigenvalue weighted by atomic mass is 10.0. The van der Waals surface area contributed by atoms with Crippen LogP contribution in [-0.4, -0.2) is 0 Å². The van der Waals surface area contributed by atoms with Crippen LogP contribution in [0, 0.1) is 0 Å². The molecule has 0 bridgehead atoms. The summed E-state index contributed by atoms with van der Waals surface area (Å²) in [5.41, 5.74) is 4.30. The van der Waals surface area contributed by atoms with E-state index in [1.54, 1.807) is 0 Å². The molecule has 0 heteroatoms. The largest absolute Gasteiger partial charge is 0.0999 e. The Morgan fingerprint density at radius 1 is 1.00 bits per heavy atom. The summed E-state index contributed by atoms with van der Waals surface area (Å²) < 4.78 is 0. The summed E-state index contributed by atoms with van der Waals surface area (Å²) in [5.74, 6) is 0. The van der Waals surface area contributed by atoms with E-state index in [4.69, 9.17) is 0 Å². The van der Waals surface area contributed by atoms with Crippen molar-refractivity contribution in [2.45, 2.75) is 52.4 Å². The molecule has 1 aromatic rings. The summed E-state index contributed by atoms with van der Waals surface area (Å²) >= 11 is 0. The minimum atomic E-state index is 1.13. The van der Waals surface area contributed by atoms with Crippen LogP contribution in [0.5, 0.6) is 0 Å². The zero-order valence-electron chi connectivity index (χ0n) is 10.8. The summed E-state index contributed by atoms with van der Waals surface area (Å²) in [6.07, 6.45) is 7.16. The quantitative estimate of drug-likeness (QED) is 0.567. The normalized spacial score (nSPS) is 10.4. The van der Waals surface area contributed by atoms with E-state index in [1.807, 2.05) is 0 Å². The van der Waals surface area contributed by atoms with Gasteiger partial charge < -0.3 is 0 Å². The predicted molar refractivity (Wildman–Crippen MR) is 72.8 cm³/mol. The molecule has 0 spiro atoms. The van der Waals surface area contributed by atoms with E-state index in [2.05, 4.69) is 44.7 Å². The molecular weight excluding hydrogens is 192 g/mol. The zero-order valence-corrected chi connectivity index (χ0v) is 10.8. The summed E-state index contributed by atoms with van der Waals surface area (Å²) in [5, 5.41) is 0. The van der Waals surface area contributed by atoms with Crippen LogP contribution in [0.25, 0.3) is 0 Å². The van der Waals surface area contributed by atoms with Gasteiger partial charge in [-0.25, -0.2) is 0 Å². The Morgan fingerprint density at radius 3 is 2.19 bits per heavy atom. The van der Waals surface area contributed by atoms with Crippen LogP contribution in [0.1, 0.15) is 50.7 Å². The molecular formula is C16H24. The van der Waals surface area contributed by atoms with Crippen LogP contribution < -0.4 is 0 Å². The molecule has 0 fully saturated rings. The smallest absolute Gasteiger partial charge is 0.0276 e. The maximum atomic E-state index is 4.10. The average molecular weight is 216 g/mol. The monoisotopic (exact) mass is 216 g/mol. The van der Waals surface area contributed by atoms with Gasteiger partial charge in [0.2, 0.25) is 0 Å². The highest BCUT2D eigenvalue weighted by Gasteiger charge is 1.96. The van der Waals surface area contributed by atoms with Crippen molar-refractivity contribution in [2.75, 3.05) is 0 Å². The van der Waals surface area contributed by atoms with E-state index in [1.165, 1.54) is 48.8 Å². The lowest BCUT2D eigenvalue weighted by molar-refractivity contribution is 0.761. The molecule has 0 N–H and O–H groups in total. The highest BCUT2D eigenvalue weighted by Crippen LogP contribution is 2.13. The molecule has 0 atom stereocenters. The van der Waals surface area contributed by atoms with Crippen LogP contribution in [0.15, 0.2) is 36.4 Å². The molecule has 0 saturated carbocycles. The first kappa shape index (κ1) is 13.0. The predicted octanol–water partition coefficient (Wildman–Crippen LogP) is 4.93. The topological polar surface area (TPSA) is 0 Å².